The van der Waals surface area contributed by atoms with Crippen LogP contribution in [0.2, 0.25) is 0 Å². The highest BCUT2D eigenvalue weighted by Gasteiger charge is 2.36. The Morgan fingerprint density at radius 3 is 2.71 bits per heavy atom. The number of carbonyl (C=O) groups is 1. The average molecular weight is 418 g/mol. The fraction of sp³-hybridized carbons (Fsp3) is 0.417. The van der Waals surface area contributed by atoms with Gasteiger partial charge in [0.1, 0.15) is 5.56 Å². The second kappa shape index (κ2) is 8.76. The van der Waals surface area contributed by atoms with Crippen molar-refractivity contribution in [1.29, 1.82) is 5.26 Å². The molecule has 2 aliphatic rings. The smallest absolute Gasteiger partial charge is 0.254 e. The van der Waals surface area contributed by atoms with Crippen molar-refractivity contribution in [3.63, 3.8) is 0 Å². The van der Waals surface area contributed by atoms with Crippen molar-refractivity contribution in [2.75, 3.05) is 11.6 Å². The average Bonchev–Trinajstić information content (AvgIpc) is 3.43. The van der Waals surface area contributed by atoms with E-state index in [0.717, 1.165) is 23.4 Å². The van der Waals surface area contributed by atoms with Gasteiger partial charge < -0.3 is 10.5 Å². The van der Waals surface area contributed by atoms with Gasteiger partial charge in [-0.3, -0.25) is 9.80 Å². The van der Waals surface area contributed by atoms with Gasteiger partial charge in [0.15, 0.2) is 0 Å². The summed E-state index contributed by atoms with van der Waals surface area (Å²) in [6.07, 6.45) is 5.65. The number of pyridine rings is 1. The van der Waals surface area contributed by atoms with Gasteiger partial charge in [-0.15, -0.1) is 0 Å². The minimum absolute atomic E-state index is 0.248. The van der Waals surface area contributed by atoms with Crippen LogP contribution >= 0.6 is 0 Å². The predicted molar refractivity (Wildman–Crippen MR) is 119 cm³/mol. The van der Waals surface area contributed by atoms with Gasteiger partial charge in [-0.1, -0.05) is 12.8 Å². The lowest BCUT2D eigenvalue weighted by atomic mass is 9.92. The van der Waals surface area contributed by atoms with Crippen molar-refractivity contribution >= 4 is 17.3 Å². The molecule has 0 spiro atoms. The van der Waals surface area contributed by atoms with Crippen LogP contribution in [0.4, 0.5) is 5.69 Å². The molecule has 31 heavy (non-hydrogen) atoms. The summed E-state index contributed by atoms with van der Waals surface area (Å²) in [5.41, 5.74) is 9.92. The van der Waals surface area contributed by atoms with E-state index >= 15 is 0 Å². The molecule has 4 rings (SSSR count). The number of aromatic nitrogens is 1. The zero-order valence-electron chi connectivity index (χ0n) is 18.0. The van der Waals surface area contributed by atoms with Crippen molar-refractivity contribution < 1.29 is 9.53 Å². The molecule has 1 atom stereocenters. The van der Waals surface area contributed by atoms with E-state index in [4.69, 9.17) is 15.6 Å². The number of hydrogen-bond donors (Lipinski definition) is 1. The number of nitriles is 1. The molecule has 2 N–H and O–H groups in total. The molecular weight excluding hydrogens is 390 g/mol. The molecule has 7 heteroatoms. The van der Waals surface area contributed by atoms with Crippen molar-refractivity contribution in [3.8, 4) is 11.9 Å². The number of nitrogens with two attached hydrogens (primary N) is 1. The van der Waals surface area contributed by atoms with Gasteiger partial charge in [0.2, 0.25) is 5.88 Å². The van der Waals surface area contributed by atoms with Crippen LogP contribution in [0.3, 0.4) is 0 Å². The standard InChI is InChI=1S/C24H27N5O2/c1-3-31-24-19(23(26)30)10-11-20(27-24)21-13-22(16-6-4-5-7-16)29(28-21)18-9-8-17(14-25)15(2)12-18/h8-12,16,22H,3-7,13H2,1-2H3,(H2,26,30). The van der Waals surface area contributed by atoms with Gasteiger partial charge in [-0.2, -0.15) is 10.4 Å². The number of aryl methyl sites for hydroxylation is 1. The topological polar surface area (TPSA) is 105 Å². The Labute approximate surface area is 182 Å². The maximum absolute atomic E-state index is 11.7. The number of hydrogen-bond acceptors (Lipinski definition) is 6. The lowest BCUT2D eigenvalue weighted by Gasteiger charge is -2.28. The molecular formula is C24H27N5O2. The summed E-state index contributed by atoms with van der Waals surface area (Å²) in [4.78, 5) is 16.3. The molecule has 1 amide bonds. The first-order valence-electron chi connectivity index (χ1n) is 10.8. The summed E-state index contributed by atoms with van der Waals surface area (Å²) < 4.78 is 5.57. The summed E-state index contributed by atoms with van der Waals surface area (Å²) in [6, 6.07) is 11.8. The van der Waals surface area contributed by atoms with Crippen LogP contribution in [0.5, 0.6) is 5.88 Å². The number of nitrogens with zero attached hydrogens (tertiary/aromatic N) is 4. The molecule has 1 aromatic heterocycles. The van der Waals surface area contributed by atoms with Crippen LogP contribution in [0.15, 0.2) is 35.4 Å². The fourth-order valence-electron chi connectivity index (χ4n) is 4.59. The molecule has 0 bridgehead atoms. The minimum Gasteiger partial charge on any atom is -0.477 e. The van der Waals surface area contributed by atoms with E-state index in [1.807, 2.05) is 32.0 Å². The van der Waals surface area contributed by atoms with Gasteiger partial charge in [-0.05, 0) is 68.5 Å². The number of ether oxygens (including phenoxy) is 1. The number of carbonyl (C=O) groups excluding carboxylic acids is 1. The van der Waals surface area contributed by atoms with Gasteiger partial charge in [0.05, 0.1) is 41.4 Å². The lowest BCUT2D eigenvalue weighted by Crippen LogP contribution is -2.32. The monoisotopic (exact) mass is 417 g/mol. The summed E-state index contributed by atoms with van der Waals surface area (Å²) in [5.74, 6) is 0.253. The minimum atomic E-state index is -0.561. The first-order valence-corrected chi connectivity index (χ1v) is 10.8. The van der Waals surface area contributed by atoms with Crippen LogP contribution in [0.25, 0.3) is 0 Å². The van der Waals surface area contributed by atoms with Crippen LogP contribution in [-0.2, 0) is 0 Å². The van der Waals surface area contributed by atoms with Crippen molar-refractivity contribution in [2.45, 2.75) is 52.0 Å². The quantitative estimate of drug-likeness (QED) is 0.767. The largest absolute Gasteiger partial charge is 0.477 e. The number of hydrazone groups is 1. The van der Waals surface area contributed by atoms with E-state index in [9.17, 15) is 10.1 Å². The molecule has 1 aliphatic heterocycles. The highest BCUT2D eigenvalue weighted by molar-refractivity contribution is 6.03. The van der Waals surface area contributed by atoms with Crippen LogP contribution < -0.4 is 15.5 Å². The summed E-state index contributed by atoms with van der Waals surface area (Å²) in [6.45, 7) is 4.19. The Balaban J connectivity index is 1.72. The van der Waals surface area contributed by atoms with Crippen LogP contribution in [-0.4, -0.2) is 29.3 Å². The van der Waals surface area contributed by atoms with E-state index in [1.165, 1.54) is 25.7 Å². The third kappa shape index (κ3) is 4.11. The van der Waals surface area contributed by atoms with Gasteiger partial charge in [0, 0.05) is 6.42 Å². The Morgan fingerprint density at radius 2 is 2.06 bits per heavy atom. The number of amides is 1. The lowest BCUT2D eigenvalue weighted by molar-refractivity contribution is 0.0996. The zero-order valence-corrected chi connectivity index (χ0v) is 18.0. The first-order chi connectivity index (χ1) is 15.0. The number of benzene rings is 1. The van der Waals surface area contributed by atoms with Gasteiger partial charge >= 0.3 is 0 Å². The molecule has 1 aliphatic carbocycles. The fourth-order valence-corrected chi connectivity index (χ4v) is 4.59. The third-order valence-corrected chi connectivity index (χ3v) is 6.19. The molecule has 1 fully saturated rings. The second-order valence-corrected chi connectivity index (χ2v) is 8.16. The number of rotatable bonds is 6. The van der Waals surface area contributed by atoms with Gasteiger partial charge in [0.25, 0.3) is 5.91 Å². The Bertz CT molecular complexity index is 1070. The van der Waals surface area contributed by atoms with E-state index in [2.05, 4.69) is 16.1 Å². The Hall–Kier alpha value is -3.40. The highest BCUT2D eigenvalue weighted by atomic mass is 16.5. The molecule has 7 nitrogen and oxygen atoms in total. The predicted octanol–water partition coefficient (Wildman–Crippen LogP) is 3.93. The van der Waals surface area contributed by atoms with Crippen molar-refractivity contribution in [1.82, 2.24) is 4.98 Å². The molecule has 0 saturated heterocycles. The van der Waals surface area contributed by atoms with Gasteiger partial charge in [-0.25, -0.2) is 4.98 Å². The second-order valence-electron chi connectivity index (χ2n) is 8.16. The number of primary amides is 1. The highest BCUT2D eigenvalue weighted by Crippen LogP contribution is 2.38. The van der Waals surface area contributed by atoms with E-state index in [1.54, 1.807) is 12.1 Å². The molecule has 2 aromatic rings. The van der Waals surface area contributed by atoms with Crippen LogP contribution in [0.1, 0.15) is 66.2 Å². The van der Waals surface area contributed by atoms with Crippen molar-refractivity contribution in [3.05, 3.63) is 52.7 Å². The zero-order chi connectivity index (χ0) is 22.0. The summed E-state index contributed by atoms with van der Waals surface area (Å²) in [7, 11) is 0. The normalized spacial score (nSPS) is 18.7. The first kappa shape index (κ1) is 20.9. The number of anilines is 1. The molecule has 1 saturated carbocycles. The Morgan fingerprint density at radius 1 is 1.29 bits per heavy atom. The van der Waals surface area contributed by atoms with E-state index in [-0.39, 0.29) is 17.5 Å². The SMILES string of the molecule is CCOc1nc(C2=NN(c3ccc(C#N)c(C)c3)C(C3CCCC3)C2)ccc1C(N)=O. The maximum Gasteiger partial charge on any atom is 0.254 e. The summed E-state index contributed by atoms with van der Waals surface area (Å²) >= 11 is 0. The molecule has 1 unspecified atom stereocenters. The van der Waals surface area contributed by atoms with E-state index in [0.29, 0.717) is 23.8 Å². The maximum atomic E-state index is 11.7. The molecule has 0 radical (unpaired) electrons. The summed E-state index contributed by atoms with van der Waals surface area (Å²) in [5, 5.41) is 16.3. The van der Waals surface area contributed by atoms with E-state index < -0.39 is 5.91 Å². The third-order valence-electron chi connectivity index (χ3n) is 6.19. The molecule has 160 valence electrons. The van der Waals surface area contributed by atoms with Crippen molar-refractivity contribution in [2.24, 2.45) is 16.8 Å². The molecule has 1 aromatic carbocycles. The molecule has 2 heterocycles. The van der Waals surface area contributed by atoms with Crippen LogP contribution in [0, 0.1) is 24.2 Å². The Kier molecular flexibility index (Phi) is 5.90.